The van der Waals surface area contributed by atoms with E-state index in [4.69, 9.17) is 4.74 Å². The summed E-state index contributed by atoms with van der Waals surface area (Å²) in [4.78, 5) is 0. The topological polar surface area (TPSA) is 14.2 Å². The Hall–Kier alpha value is -1.48. The lowest BCUT2D eigenvalue weighted by Gasteiger charge is -2.44. The minimum atomic E-state index is -1.64. The van der Waals surface area contributed by atoms with Crippen molar-refractivity contribution in [2.75, 3.05) is 7.11 Å². The van der Waals surface area contributed by atoms with E-state index in [2.05, 4.69) is 76.4 Å². The molecule has 0 fully saturated rings. The number of hydrogen-bond donors (Lipinski definition) is 0. The molecule has 1 heterocycles. The molecule has 0 aliphatic heterocycles. The average Bonchev–Trinajstić information content (AvgIpc) is 2.96. The van der Waals surface area contributed by atoms with Gasteiger partial charge in [0.15, 0.2) is 8.24 Å². The third-order valence-corrected chi connectivity index (χ3v) is 12.1. The molecule has 0 saturated carbocycles. The number of hydrogen-bond acceptors (Lipinski definition) is 1. The quantitative estimate of drug-likeness (QED) is 0.577. The van der Waals surface area contributed by atoms with Crippen LogP contribution in [0.1, 0.15) is 41.5 Å². The van der Waals surface area contributed by atoms with Crippen LogP contribution in [0.15, 0.2) is 42.7 Å². The van der Waals surface area contributed by atoms with Gasteiger partial charge < -0.3 is 8.97 Å². The normalized spacial score (nSPS) is 12.4. The van der Waals surface area contributed by atoms with Crippen LogP contribution in [0.2, 0.25) is 16.6 Å². The Bertz CT molecular complexity index is 604. The van der Waals surface area contributed by atoms with Gasteiger partial charge in [-0.15, -0.1) is 0 Å². The van der Waals surface area contributed by atoms with Crippen molar-refractivity contribution in [3.63, 3.8) is 0 Å². The highest BCUT2D eigenvalue weighted by Gasteiger charge is 2.44. The van der Waals surface area contributed by atoms with Crippen molar-refractivity contribution >= 4 is 8.24 Å². The van der Waals surface area contributed by atoms with Crippen LogP contribution in [-0.4, -0.2) is 19.6 Å². The lowest BCUT2D eigenvalue weighted by molar-refractivity contribution is 0.415. The van der Waals surface area contributed by atoms with Crippen LogP contribution in [0.4, 0.5) is 0 Å². The smallest absolute Gasteiger partial charge is 0.168 e. The van der Waals surface area contributed by atoms with E-state index in [1.54, 1.807) is 7.11 Å². The number of rotatable bonds is 6. The van der Waals surface area contributed by atoms with Gasteiger partial charge in [0.05, 0.1) is 7.11 Å². The second-order valence-electron chi connectivity index (χ2n) is 7.39. The van der Waals surface area contributed by atoms with E-state index in [9.17, 15) is 0 Å². The molecule has 0 aliphatic rings. The SMILES string of the molecule is COc1ccc(-c2ccn([Si](C(C)C)(C(C)C)C(C)C)c2)cc1. The molecule has 0 radical (unpaired) electrons. The van der Waals surface area contributed by atoms with Crippen molar-refractivity contribution < 1.29 is 4.74 Å². The second kappa shape index (κ2) is 6.96. The molecule has 1 aromatic carbocycles. The zero-order valence-electron chi connectivity index (χ0n) is 15.6. The van der Waals surface area contributed by atoms with Crippen molar-refractivity contribution in [3.8, 4) is 16.9 Å². The minimum Gasteiger partial charge on any atom is -0.497 e. The summed E-state index contributed by atoms with van der Waals surface area (Å²) < 4.78 is 7.85. The number of nitrogens with zero attached hydrogens (tertiary/aromatic N) is 1. The Morgan fingerprint density at radius 3 is 1.74 bits per heavy atom. The zero-order valence-corrected chi connectivity index (χ0v) is 16.6. The van der Waals surface area contributed by atoms with Crippen LogP contribution in [0, 0.1) is 0 Å². The Morgan fingerprint density at radius 1 is 0.783 bits per heavy atom. The molecule has 1 aromatic heterocycles. The molecule has 0 atom stereocenters. The molecule has 0 N–H and O–H groups in total. The number of benzene rings is 1. The van der Waals surface area contributed by atoms with Crippen LogP contribution in [0.3, 0.4) is 0 Å². The maximum absolute atomic E-state index is 5.26. The Balaban J connectivity index is 2.46. The summed E-state index contributed by atoms with van der Waals surface area (Å²) in [5.74, 6) is 0.906. The highest BCUT2D eigenvalue weighted by Crippen LogP contribution is 2.43. The molecule has 2 nitrogen and oxygen atoms in total. The summed E-state index contributed by atoms with van der Waals surface area (Å²) >= 11 is 0. The fourth-order valence-electron chi connectivity index (χ4n) is 4.49. The number of methoxy groups -OCH3 is 1. The summed E-state index contributed by atoms with van der Waals surface area (Å²) in [5, 5.41) is 0. The Labute approximate surface area is 142 Å². The van der Waals surface area contributed by atoms with Crippen molar-refractivity contribution in [1.82, 2.24) is 4.23 Å². The van der Waals surface area contributed by atoms with Crippen LogP contribution < -0.4 is 4.74 Å². The van der Waals surface area contributed by atoms with Gasteiger partial charge in [0, 0.05) is 6.20 Å². The zero-order chi connectivity index (χ0) is 17.2. The largest absolute Gasteiger partial charge is 0.497 e. The van der Waals surface area contributed by atoms with E-state index in [1.807, 2.05) is 12.1 Å². The molecule has 0 spiro atoms. The van der Waals surface area contributed by atoms with Gasteiger partial charge >= 0.3 is 0 Å². The van der Waals surface area contributed by atoms with Gasteiger partial charge in [0.25, 0.3) is 0 Å². The van der Waals surface area contributed by atoms with E-state index in [1.165, 1.54) is 11.1 Å². The highest BCUT2D eigenvalue weighted by atomic mass is 28.3. The van der Waals surface area contributed by atoms with Crippen molar-refractivity contribution in [2.45, 2.75) is 58.2 Å². The predicted molar refractivity (Wildman–Crippen MR) is 103 cm³/mol. The van der Waals surface area contributed by atoms with Gasteiger partial charge in [-0.25, -0.2) is 0 Å². The average molecular weight is 330 g/mol. The van der Waals surface area contributed by atoms with E-state index in [-0.39, 0.29) is 0 Å². The summed E-state index contributed by atoms with van der Waals surface area (Å²) in [6.07, 6.45) is 4.68. The van der Waals surface area contributed by atoms with Gasteiger partial charge in [0.1, 0.15) is 5.75 Å². The first-order valence-corrected chi connectivity index (χ1v) is 10.8. The Morgan fingerprint density at radius 2 is 1.30 bits per heavy atom. The number of aromatic nitrogens is 1. The molecule has 126 valence electrons. The summed E-state index contributed by atoms with van der Waals surface area (Å²) in [7, 11) is 0.0661. The standard InChI is InChI=1S/C20H31NOSi/c1-15(2)23(16(3)4,17(5)6)21-13-12-19(14-21)18-8-10-20(22-7)11-9-18/h8-17H,1-7H3. The molecule has 3 heteroatoms. The fourth-order valence-corrected chi connectivity index (χ4v) is 11.0. The monoisotopic (exact) mass is 329 g/mol. The van der Waals surface area contributed by atoms with Crippen LogP contribution in [0.25, 0.3) is 11.1 Å². The van der Waals surface area contributed by atoms with E-state index >= 15 is 0 Å². The lowest BCUT2D eigenvalue weighted by atomic mass is 10.1. The fraction of sp³-hybridized carbons (Fsp3) is 0.500. The first-order chi connectivity index (χ1) is 10.8. The molecule has 2 aromatic rings. The highest BCUT2D eigenvalue weighted by molar-refractivity contribution is 6.82. The van der Waals surface area contributed by atoms with E-state index < -0.39 is 8.24 Å². The first-order valence-electron chi connectivity index (χ1n) is 8.66. The van der Waals surface area contributed by atoms with Gasteiger partial charge in [-0.3, -0.25) is 0 Å². The summed E-state index contributed by atoms with van der Waals surface area (Å²) in [6, 6.07) is 10.6. The number of ether oxygens (including phenoxy) is 1. The molecule has 0 aliphatic carbocycles. The summed E-state index contributed by atoms with van der Waals surface area (Å²) in [6.45, 7) is 14.4. The van der Waals surface area contributed by atoms with Gasteiger partial charge in [-0.1, -0.05) is 53.7 Å². The predicted octanol–water partition coefficient (Wildman–Crippen LogP) is 6.19. The third kappa shape index (κ3) is 3.12. The first kappa shape index (κ1) is 17.9. The Kier molecular flexibility index (Phi) is 5.40. The van der Waals surface area contributed by atoms with Gasteiger partial charge in [0.2, 0.25) is 0 Å². The van der Waals surface area contributed by atoms with Crippen molar-refractivity contribution in [1.29, 1.82) is 0 Å². The minimum absolute atomic E-state index is 0.707. The lowest BCUT2D eigenvalue weighted by Crippen LogP contribution is -2.51. The maximum Gasteiger partial charge on any atom is 0.168 e. The molecule has 0 bridgehead atoms. The maximum atomic E-state index is 5.26. The van der Waals surface area contributed by atoms with Gasteiger partial charge in [-0.2, -0.15) is 0 Å². The molecule has 0 amide bonds. The van der Waals surface area contributed by atoms with Crippen molar-refractivity contribution in [3.05, 3.63) is 42.7 Å². The van der Waals surface area contributed by atoms with Crippen LogP contribution in [-0.2, 0) is 0 Å². The van der Waals surface area contributed by atoms with Gasteiger partial charge in [-0.05, 0) is 52.1 Å². The second-order valence-corrected chi connectivity index (χ2v) is 13.1. The van der Waals surface area contributed by atoms with E-state index in [0.29, 0.717) is 16.6 Å². The van der Waals surface area contributed by atoms with Crippen LogP contribution in [0.5, 0.6) is 5.75 Å². The molecular weight excluding hydrogens is 298 g/mol. The third-order valence-electron chi connectivity index (χ3n) is 5.34. The molecule has 23 heavy (non-hydrogen) atoms. The van der Waals surface area contributed by atoms with E-state index in [0.717, 1.165) is 5.75 Å². The van der Waals surface area contributed by atoms with Crippen molar-refractivity contribution in [2.24, 2.45) is 0 Å². The summed E-state index contributed by atoms with van der Waals surface area (Å²) in [5.41, 5.74) is 4.67. The van der Waals surface area contributed by atoms with Crippen LogP contribution >= 0.6 is 0 Å². The molecule has 2 rings (SSSR count). The molecular formula is C20H31NOSi. The molecule has 0 saturated heterocycles. The molecule has 0 unspecified atom stereocenters.